The Morgan fingerprint density at radius 1 is 1.00 bits per heavy atom. The van der Waals surface area contributed by atoms with Crippen LogP contribution in [0.2, 0.25) is 0 Å². The van der Waals surface area contributed by atoms with Crippen molar-refractivity contribution >= 4 is 23.5 Å². The lowest BCUT2D eigenvalue weighted by atomic mass is 9.96. The van der Waals surface area contributed by atoms with Gasteiger partial charge in [0.25, 0.3) is 11.8 Å². The topological polar surface area (TPSA) is 82.6 Å². The highest BCUT2D eigenvalue weighted by atomic mass is 16.2. The summed E-state index contributed by atoms with van der Waals surface area (Å²) in [6.07, 6.45) is 4.62. The molecule has 1 fully saturated rings. The normalized spacial score (nSPS) is 16.7. The Morgan fingerprint density at radius 2 is 1.67 bits per heavy atom. The molecule has 0 aliphatic carbocycles. The first-order chi connectivity index (χ1) is 14.6. The molecule has 2 aromatic rings. The number of anilines is 1. The summed E-state index contributed by atoms with van der Waals surface area (Å²) >= 11 is 0. The number of imide groups is 1. The number of fused-ring (bicyclic) bond motifs is 1. The molecule has 7 heteroatoms. The van der Waals surface area contributed by atoms with Crippen LogP contribution in [0.4, 0.5) is 5.82 Å². The molecule has 4 rings (SSSR count). The highest BCUT2D eigenvalue weighted by Crippen LogP contribution is 2.23. The second-order valence-corrected chi connectivity index (χ2v) is 7.83. The number of nitrogens with zero attached hydrogens (tertiary/aromatic N) is 3. The third-order valence-electron chi connectivity index (χ3n) is 5.84. The van der Waals surface area contributed by atoms with Gasteiger partial charge < -0.3 is 10.2 Å². The van der Waals surface area contributed by atoms with Crippen molar-refractivity contribution in [1.29, 1.82) is 0 Å². The first-order valence-electron chi connectivity index (χ1n) is 10.5. The van der Waals surface area contributed by atoms with Crippen molar-refractivity contribution in [3.8, 4) is 0 Å². The van der Waals surface area contributed by atoms with Crippen LogP contribution in [-0.2, 0) is 4.79 Å². The van der Waals surface area contributed by atoms with Crippen molar-refractivity contribution in [2.24, 2.45) is 5.92 Å². The Hall–Kier alpha value is -3.22. The first-order valence-corrected chi connectivity index (χ1v) is 10.5. The van der Waals surface area contributed by atoms with Gasteiger partial charge in [-0.1, -0.05) is 18.2 Å². The first kappa shape index (κ1) is 20.1. The van der Waals surface area contributed by atoms with Crippen LogP contribution >= 0.6 is 0 Å². The summed E-state index contributed by atoms with van der Waals surface area (Å²) in [5.41, 5.74) is 0.896. The van der Waals surface area contributed by atoms with Gasteiger partial charge in [0.05, 0.1) is 11.1 Å². The van der Waals surface area contributed by atoms with Crippen LogP contribution < -0.4 is 10.2 Å². The standard InChI is InChI=1S/C23H26N4O3/c28-21(9-5-13-27-22(29)18-6-1-2-7-19(18)23(27)30)25-16-17-10-14-26(15-11-17)20-8-3-4-12-24-20/h1-4,6-8,12,17H,5,9-11,13-16H2,(H,25,28). The lowest BCUT2D eigenvalue weighted by Crippen LogP contribution is -2.39. The molecule has 3 amide bonds. The molecular weight excluding hydrogens is 380 g/mol. The zero-order chi connectivity index (χ0) is 20.9. The summed E-state index contributed by atoms with van der Waals surface area (Å²) in [7, 11) is 0. The highest BCUT2D eigenvalue weighted by Gasteiger charge is 2.34. The minimum atomic E-state index is -0.268. The third kappa shape index (κ3) is 4.35. The molecule has 30 heavy (non-hydrogen) atoms. The third-order valence-corrected chi connectivity index (χ3v) is 5.84. The largest absolute Gasteiger partial charge is 0.357 e. The number of rotatable bonds is 7. The summed E-state index contributed by atoms with van der Waals surface area (Å²) in [6, 6.07) is 12.8. The summed E-state index contributed by atoms with van der Waals surface area (Å²) in [6.45, 7) is 2.82. The number of benzene rings is 1. The number of carbonyl (C=O) groups excluding carboxylic acids is 3. The Kier molecular flexibility index (Phi) is 6.07. The maximum absolute atomic E-state index is 12.3. The average molecular weight is 406 g/mol. The van der Waals surface area contributed by atoms with Crippen LogP contribution in [-0.4, -0.2) is 53.8 Å². The van der Waals surface area contributed by atoms with Crippen molar-refractivity contribution in [2.75, 3.05) is 31.1 Å². The van der Waals surface area contributed by atoms with Crippen molar-refractivity contribution in [2.45, 2.75) is 25.7 Å². The van der Waals surface area contributed by atoms with Crippen molar-refractivity contribution in [3.63, 3.8) is 0 Å². The molecular formula is C23H26N4O3. The lowest BCUT2D eigenvalue weighted by Gasteiger charge is -2.32. The van der Waals surface area contributed by atoms with Gasteiger partial charge in [0, 0.05) is 38.8 Å². The van der Waals surface area contributed by atoms with Gasteiger partial charge in [-0.05, 0) is 49.4 Å². The van der Waals surface area contributed by atoms with Gasteiger partial charge in [-0.2, -0.15) is 0 Å². The van der Waals surface area contributed by atoms with Crippen LogP contribution in [0, 0.1) is 5.92 Å². The molecule has 1 aromatic heterocycles. The summed E-state index contributed by atoms with van der Waals surface area (Å²) < 4.78 is 0. The van der Waals surface area contributed by atoms with Gasteiger partial charge >= 0.3 is 0 Å². The lowest BCUT2D eigenvalue weighted by molar-refractivity contribution is -0.121. The molecule has 0 unspecified atom stereocenters. The Bertz CT molecular complexity index is 888. The fourth-order valence-corrected chi connectivity index (χ4v) is 4.09. The van der Waals surface area contributed by atoms with E-state index in [4.69, 9.17) is 0 Å². The van der Waals surface area contributed by atoms with Crippen LogP contribution in [0.25, 0.3) is 0 Å². The van der Waals surface area contributed by atoms with E-state index in [1.54, 1.807) is 24.3 Å². The molecule has 0 spiro atoms. The maximum atomic E-state index is 12.3. The number of amides is 3. The summed E-state index contributed by atoms with van der Waals surface area (Å²) in [5.74, 6) is 0.906. The molecule has 156 valence electrons. The number of piperidine rings is 1. The molecule has 0 atom stereocenters. The second-order valence-electron chi connectivity index (χ2n) is 7.83. The highest BCUT2D eigenvalue weighted by molar-refractivity contribution is 6.21. The van der Waals surface area contributed by atoms with Gasteiger partial charge in [-0.25, -0.2) is 4.98 Å². The predicted molar refractivity (Wildman–Crippen MR) is 113 cm³/mol. The van der Waals surface area contributed by atoms with Gasteiger partial charge in [0.15, 0.2) is 0 Å². The Morgan fingerprint density at radius 3 is 2.30 bits per heavy atom. The molecule has 1 saturated heterocycles. The molecule has 0 saturated carbocycles. The molecule has 2 aliphatic rings. The Balaban J connectivity index is 1.15. The van der Waals surface area contributed by atoms with Gasteiger partial charge in [0.1, 0.15) is 5.82 Å². The number of hydrogen-bond donors (Lipinski definition) is 1. The molecule has 0 bridgehead atoms. The Labute approximate surface area is 176 Å². The molecule has 1 aromatic carbocycles. The molecule has 3 heterocycles. The second kappa shape index (κ2) is 9.07. The van der Waals surface area contributed by atoms with E-state index in [1.165, 1.54) is 4.90 Å². The van der Waals surface area contributed by atoms with Crippen LogP contribution in [0.5, 0.6) is 0 Å². The minimum absolute atomic E-state index is 0.0289. The van der Waals surface area contributed by atoms with Crippen molar-refractivity contribution in [1.82, 2.24) is 15.2 Å². The molecule has 2 aliphatic heterocycles. The van der Waals surface area contributed by atoms with E-state index in [0.717, 1.165) is 31.7 Å². The number of carbonyl (C=O) groups is 3. The fraction of sp³-hybridized carbons (Fsp3) is 0.391. The average Bonchev–Trinajstić information content (AvgIpc) is 3.04. The number of pyridine rings is 1. The van der Waals surface area contributed by atoms with E-state index >= 15 is 0 Å². The van der Waals surface area contributed by atoms with Crippen LogP contribution in [0.15, 0.2) is 48.7 Å². The van der Waals surface area contributed by atoms with Crippen LogP contribution in [0.1, 0.15) is 46.4 Å². The minimum Gasteiger partial charge on any atom is -0.357 e. The smallest absolute Gasteiger partial charge is 0.261 e. The molecule has 7 nitrogen and oxygen atoms in total. The van der Waals surface area contributed by atoms with E-state index in [-0.39, 0.29) is 24.3 Å². The maximum Gasteiger partial charge on any atom is 0.261 e. The van der Waals surface area contributed by atoms with E-state index < -0.39 is 0 Å². The van der Waals surface area contributed by atoms with Crippen molar-refractivity contribution in [3.05, 3.63) is 59.8 Å². The van der Waals surface area contributed by atoms with E-state index in [1.807, 2.05) is 24.4 Å². The van der Waals surface area contributed by atoms with Gasteiger partial charge in [-0.15, -0.1) is 0 Å². The SMILES string of the molecule is O=C(CCCN1C(=O)c2ccccc2C1=O)NCC1CCN(c2ccccn2)CC1. The van der Waals surface area contributed by atoms with E-state index in [9.17, 15) is 14.4 Å². The summed E-state index contributed by atoms with van der Waals surface area (Å²) in [4.78, 5) is 44.8. The zero-order valence-electron chi connectivity index (χ0n) is 16.9. The molecule has 0 radical (unpaired) electrons. The monoisotopic (exact) mass is 406 g/mol. The van der Waals surface area contributed by atoms with Gasteiger partial charge in [0.2, 0.25) is 5.91 Å². The van der Waals surface area contributed by atoms with E-state index in [2.05, 4.69) is 15.2 Å². The van der Waals surface area contributed by atoms with Crippen molar-refractivity contribution < 1.29 is 14.4 Å². The van der Waals surface area contributed by atoms with Gasteiger partial charge in [-0.3, -0.25) is 19.3 Å². The van der Waals surface area contributed by atoms with Crippen LogP contribution in [0.3, 0.4) is 0 Å². The predicted octanol–water partition coefficient (Wildman–Crippen LogP) is 2.49. The molecule has 1 N–H and O–H groups in total. The number of nitrogens with one attached hydrogen (secondary N) is 1. The quantitative estimate of drug-likeness (QED) is 0.715. The number of aromatic nitrogens is 1. The zero-order valence-corrected chi connectivity index (χ0v) is 16.9. The fourth-order valence-electron chi connectivity index (χ4n) is 4.09. The van der Waals surface area contributed by atoms with E-state index in [0.29, 0.717) is 36.4 Å². The summed E-state index contributed by atoms with van der Waals surface area (Å²) in [5, 5.41) is 3.01. The number of hydrogen-bond acceptors (Lipinski definition) is 5.